The monoisotopic (exact) mass is 831 g/mol. The third-order valence-corrected chi connectivity index (χ3v) is 10.1. The van der Waals surface area contributed by atoms with E-state index in [9.17, 15) is 0 Å². The van der Waals surface area contributed by atoms with E-state index in [1.807, 2.05) is 0 Å². The van der Waals surface area contributed by atoms with Gasteiger partial charge in [-0.15, -0.1) is 0 Å². The Bertz CT molecular complexity index is 2370. The maximum absolute atomic E-state index is 5.41. The first-order valence-corrected chi connectivity index (χ1v) is 17.8. The van der Waals surface area contributed by atoms with Gasteiger partial charge in [0.05, 0.1) is 22.8 Å². The Labute approximate surface area is 357 Å². The number of aryl methyl sites for hydroxylation is 4. The van der Waals surface area contributed by atoms with Crippen molar-refractivity contribution in [2.45, 2.75) is 27.7 Å². The first kappa shape index (κ1) is 42.0. The maximum atomic E-state index is 5.41. The third-order valence-electron chi connectivity index (χ3n) is 10.1. The number of aromatic nitrogens is 4. The van der Waals surface area contributed by atoms with E-state index in [1.54, 1.807) is 0 Å². The molecule has 0 unspecified atom stereocenters. The Morgan fingerprint density at radius 1 is 0.304 bits per heavy atom. The van der Waals surface area contributed by atoms with Gasteiger partial charge in [-0.1, -0.05) is 119 Å². The molecule has 0 atom stereocenters. The van der Waals surface area contributed by atoms with Gasteiger partial charge in [-0.05, 0) is 98.5 Å². The zero-order valence-corrected chi connectivity index (χ0v) is 34.6. The zero-order chi connectivity index (χ0) is 35.3. The van der Waals surface area contributed by atoms with Gasteiger partial charge in [-0.25, -0.2) is 9.97 Å². The van der Waals surface area contributed by atoms with E-state index >= 15 is 0 Å². The van der Waals surface area contributed by atoms with E-state index in [0.29, 0.717) is 0 Å². The molecule has 8 heteroatoms. The summed E-state index contributed by atoms with van der Waals surface area (Å²) in [6.07, 6.45) is 8.61. The van der Waals surface area contributed by atoms with Crippen molar-refractivity contribution in [3.05, 3.63) is 166 Å². The van der Waals surface area contributed by atoms with Crippen molar-refractivity contribution in [1.82, 2.24) is 19.9 Å². The number of hydrogen-bond donors (Lipinski definition) is 2. The number of aromatic amines is 2. The van der Waals surface area contributed by atoms with Gasteiger partial charge in [0.15, 0.2) is 0 Å². The van der Waals surface area contributed by atoms with Gasteiger partial charge in [0.25, 0.3) is 0 Å². The standard InChI is InChI=1S/C48H38N4.3ClH.Fe/c1-29-5-13-33(14-6-29)45-37-21-23-39(49-37)46(34-15-7-30(2)8-16-34)41-25-27-43(51-41)48(36-19-11-32(4)12-20-36)44-28-26-42(52-44)47(40-24-22-38(45)50-40)35-17-9-31(3)10-18-35;;;;/h5-28,49,52H,1-4H3;3*1H;/p-3. The van der Waals surface area contributed by atoms with Crippen LogP contribution in [0, 0.1) is 27.7 Å². The molecule has 0 radical (unpaired) electrons. The molecule has 0 spiro atoms. The first-order valence-electron chi connectivity index (χ1n) is 17.8. The van der Waals surface area contributed by atoms with Crippen LogP contribution in [0.15, 0.2) is 121 Å². The van der Waals surface area contributed by atoms with Crippen molar-refractivity contribution >= 4 is 46.4 Å². The number of halogens is 3. The summed E-state index contributed by atoms with van der Waals surface area (Å²) in [4.78, 5) is 18.5. The molecule has 2 aliphatic rings. The van der Waals surface area contributed by atoms with Crippen molar-refractivity contribution in [2.75, 3.05) is 0 Å². The predicted molar refractivity (Wildman–Crippen MR) is 220 cm³/mol. The summed E-state index contributed by atoms with van der Waals surface area (Å²) in [5.41, 5.74) is 21.1. The number of H-pyrrole nitrogens is 2. The smallest absolute Gasteiger partial charge is 0.0737 e. The fourth-order valence-corrected chi connectivity index (χ4v) is 7.30. The van der Waals surface area contributed by atoms with Crippen molar-refractivity contribution in [1.29, 1.82) is 0 Å². The number of nitrogens with zero attached hydrogens (tertiary/aromatic N) is 2. The summed E-state index contributed by atoms with van der Waals surface area (Å²) in [6, 6.07) is 43.6. The number of hydrogen-bond acceptors (Lipinski definition) is 2. The minimum atomic E-state index is 0. The van der Waals surface area contributed by atoms with Gasteiger partial charge >= 0.3 is 0 Å². The predicted octanol–water partition coefficient (Wildman–Crippen LogP) is 3.57. The van der Waals surface area contributed by atoms with Crippen molar-refractivity contribution in [2.24, 2.45) is 0 Å². The van der Waals surface area contributed by atoms with Gasteiger partial charge in [0.1, 0.15) is 0 Å². The Balaban J connectivity index is 0.00000150. The SMILES string of the molecule is Cc1ccc(-c2c3nc(c(-c4ccc(C)cc4)c4ccc([nH]4)c(-c4ccc(C)cc4)c4nc(c(-c5ccc(C)cc5)c5ccc2[nH]5)C=C4)C=C3)cc1.[Cl-].[Cl-].[Cl-].[Fe]. The summed E-state index contributed by atoms with van der Waals surface area (Å²) in [5.74, 6) is 0. The van der Waals surface area contributed by atoms with Crippen LogP contribution in [0.25, 0.3) is 90.9 Å². The maximum Gasteiger partial charge on any atom is 0.0737 e. The van der Waals surface area contributed by atoms with Crippen molar-refractivity contribution in [3.63, 3.8) is 0 Å². The second kappa shape index (κ2) is 17.3. The molecule has 2 aliphatic heterocycles. The topological polar surface area (TPSA) is 57.4 Å². The van der Waals surface area contributed by atoms with E-state index < -0.39 is 0 Å². The molecule has 4 aromatic carbocycles. The molecule has 7 aromatic rings. The molecule has 9 rings (SSSR count). The normalized spacial score (nSPS) is 11.2. The second-order valence-electron chi connectivity index (χ2n) is 14.0. The average molecular weight is 833 g/mol. The van der Waals surface area contributed by atoms with Gasteiger partial charge in [-0.3, -0.25) is 0 Å². The molecule has 0 saturated heterocycles. The van der Waals surface area contributed by atoms with Crippen molar-refractivity contribution in [3.8, 4) is 44.5 Å². The number of benzene rings is 4. The van der Waals surface area contributed by atoms with Crippen LogP contribution in [-0.2, 0) is 17.1 Å². The Morgan fingerprint density at radius 2 is 0.500 bits per heavy atom. The summed E-state index contributed by atoms with van der Waals surface area (Å²) < 4.78 is 0. The fourth-order valence-electron chi connectivity index (χ4n) is 7.30. The molecule has 3 aromatic heterocycles. The van der Waals surface area contributed by atoms with E-state index in [0.717, 1.165) is 89.4 Å². The van der Waals surface area contributed by atoms with Crippen LogP contribution in [0.1, 0.15) is 45.0 Å². The molecular weight excluding hydrogens is 795 g/mol. The molecule has 4 nitrogen and oxygen atoms in total. The molecule has 5 heterocycles. The largest absolute Gasteiger partial charge is 1.00 e. The molecule has 0 fully saturated rings. The minimum Gasteiger partial charge on any atom is -1.00 e. The van der Waals surface area contributed by atoms with Gasteiger partial charge in [0, 0.05) is 61.4 Å². The van der Waals surface area contributed by atoms with E-state index in [1.165, 1.54) is 22.3 Å². The number of rotatable bonds is 4. The molecule has 2 N–H and O–H groups in total. The molecule has 0 aliphatic carbocycles. The Morgan fingerprint density at radius 3 is 0.696 bits per heavy atom. The minimum absolute atomic E-state index is 0. The number of fused-ring (bicyclic) bond motifs is 8. The second-order valence-corrected chi connectivity index (χ2v) is 14.0. The molecule has 282 valence electrons. The molecular formula is C48H38Cl3FeN4-3. The summed E-state index contributed by atoms with van der Waals surface area (Å²) in [5, 5.41) is 0. The van der Waals surface area contributed by atoms with Crippen LogP contribution >= 0.6 is 0 Å². The van der Waals surface area contributed by atoms with E-state index in [4.69, 9.17) is 9.97 Å². The van der Waals surface area contributed by atoms with Gasteiger partial charge in [0.2, 0.25) is 0 Å². The quantitative estimate of drug-likeness (QED) is 0.267. The summed E-state index contributed by atoms with van der Waals surface area (Å²) >= 11 is 0. The Kier molecular flexibility index (Phi) is 13.0. The Hall–Kier alpha value is -5.13. The first-order chi connectivity index (χ1) is 25.4. The third kappa shape index (κ3) is 7.93. The number of nitrogens with one attached hydrogen (secondary N) is 2. The van der Waals surface area contributed by atoms with Crippen LogP contribution in [0.3, 0.4) is 0 Å². The fraction of sp³-hybridized carbons (Fsp3) is 0.0833. The van der Waals surface area contributed by atoms with Crippen LogP contribution in [0.4, 0.5) is 0 Å². The molecule has 0 amide bonds. The zero-order valence-electron chi connectivity index (χ0n) is 31.2. The van der Waals surface area contributed by atoms with Crippen LogP contribution in [0.5, 0.6) is 0 Å². The van der Waals surface area contributed by atoms with Crippen LogP contribution in [0.2, 0.25) is 0 Å². The van der Waals surface area contributed by atoms with Gasteiger partial charge in [-0.2, -0.15) is 0 Å². The summed E-state index contributed by atoms with van der Waals surface area (Å²) in [7, 11) is 0. The van der Waals surface area contributed by atoms with E-state index in [2.05, 4.69) is 183 Å². The van der Waals surface area contributed by atoms with Crippen LogP contribution in [-0.4, -0.2) is 19.9 Å². The average Bonchev–Trinajstić information content (AvgIpc) is 3.99. The van der Waals surface area contributed by atoms with E-state index in [-0.39, 0.29) is 54.3 Å². The van der Waals surface area contributed by atoms with Gasteiger partial charge < -0.3 is 47.2 Å². The van der Waals surface area contributed by atoms with Crippen molar-refractivity contribution < 1.29 is 54.3 Å². The summed E-state index contributed by atoms with van der Waals surface area (Å²) in [6.45, 7) is 8.49. The van der Waals surface area contributed by atoms with Crippen LogP contribution < -0.4 is 37.2 Å². The molecule has 8 bridgehead atoms. The molecule has 56 heavy (non-hydrogen) atoms. The molecule has 0 saturated carbocycles.